The van der Waals surface area contributed by atoms with E-state index in [1.54, 1.807) is 0 Å². The summed E-state index contributed by atoms with van der Waals surface area (Å²) >= 11 is 0. The fourth-order valence-electron chi connectivity index (χ4n) is 6.44. The highest BCUT2D eigenvalue weighted by Crippen LogP contribution is 2.39. The Balaban J connectivity index is 1.47. The molecule has 0 aliphatic carbocycles. The first-order chi connectivity index (χ1) is 26.5. The van der Waals surface area contributed by atoms with E-state index in [2.05, 4.69) is 10.3 Å². The third-order valence-electron chi connectivity index (χ3n) is 8.97. The zero-order chi connectivity index (χ0) is 39.0. The maximum Gasteiger partial charge on any atom is 0.336 e. The predicted octanol–water partition coefficient (Wildman–Crippen LogP) is 7.45. The molecule has 0 amide bonds. The molecule has 0 saturated carbocycles. The van der Waals surface area contributed by atoms with Gasteiger partial charge < -0.3 is 28.1 Å². The van der Waals surface area contributed by atoms with Gasteiger partial charge in [0.1, 0.15) is 36.2 Å². The number of carbonyl (C=O) groups is 1. The zero-order valence-electron chi connectivity index (χ0n) is 31.0. The number of halogens is 3. The van der Waals surface area contributed by atoms with Gasteiger partial charge in [-0.15, -0.1) is 5.10 Å². The van der Waals surface area contributed by atoms with Crippen LogP contribution in [-0.2, 0) is 52.7 Å². The molecule has 0 bridgehead atoms. The van der Waals surface area contributed by atoms with Crippen molar-refractivity contribution in [3.8, 4) is 11.3 Å². The summed E-state index contributed by atoms with van der Waals surface area (Å²) in [5, 5.41) is 8.67. The maximum absolute atomic E-state index is 14.4. The van der Waals surface area contributed by atoms with Gasteiger partial charge in [0, 0.05) is 5.56 Å². The molecule has 290 valence electrons. The van der Waals surface area contributed by atoms with E-state index in [0.717, 1.165) is 28.8 Å². The Morgan fingerprint density at radius 3 is 1.85 bits per heavy atom. The minimum absolute atomic E-state index is 0.0174. The Kier molecular flexibility index (Phi) is 13.3. The number of hydrogen-bond donors (Lipinski definition) is 0. The molecule has 0 radical (unpaired) electrons. The van der Waals surface area contributed by atoms with E-state index in [9.17, 15) is 18.0 Å². The quantitative estimate of drug-likeness (QED) is 0.0575. The van der Waals surface area contributed by atoms with Gasteiger partial charge in [-0.3, -0.25) is 0 Å². The van der Waals surface area contributed by atoms with Gasteiger partial charge in [-0.1, -0.05) is 96.2 Å². The molecule has 0 N–H and O–H groups in total. The van der Waals surface area contributed by atoms with E-state index in [4.69, 9.17) is 28.1 Å². The van der Waals surface area contributed by atoms with Gasteiger partial charge in [0.05, 0.1) is 39.7 Å². The topological polar surface area (TPSA) is 103 Å². The van der Waals surface area contributed by atoms with Gasteiger partial charge in [-0.2, -0.15) is 0 Å². The molecule has 55 heavy (non-hydrogen) atoms. The molecule has 1 aromatic heterocycles. The Morgan fingerprint density at radius 1 is 0.800 bits per heavy atom. The number of carbonyl (C=O) groups excluding carboxylic acids is 1. The van der Waals surface area contributed by atoms with Crippen LogP contribution in [0.5, 0.6) is 0 Å². The molecule has 5 aromatic rings. The van der Waals surface area contributed by atoms with Crippen molar-refractivity contribution in [3.05, 3.63) is 143 Å². The molecular weight excluding hydrogens is 732 g/mol. The molecule has 6 rings (SSSR count). The minimum atomic E-state index is -2.46. The van der Waals surface area contributed by atoms with Crippen LogP contribution in [0.4, 0.5) is 13.2 Å². The minimum Gasteiger partial charge on any atom is -0.467 e. The summed E-state index contributed by atoms with van der Waals surface area (Å²) in [5.74, 6) is -5.00. The van der Waals surface area contributed by atoms with Crippen LogP contribution in [0.1, 0.15) is 22.7 Å². The molecular formula is C41H44F3N3O7Si. The lowest BCUT2D eigenvalue weighted by Gasteiger charge is -2.48. The number of methoxy groups -OCH3 is 1. The lowest BCUT2D eigenvalue weighted by molar-refractivity contribution is -0.256. The number of esters is 1. The van der Waals surface area contributed by atoms with Gasteiger partial charge >= 0.3 is 5.97 Å². The molecule has 6 atom stereocenters. The monoisotopic (exact) mass is 775 g/mol. The molecule has 2 heterocycles. The van der Waals surface area contributed by atoms with E-state index in [0.29, 0.717) is 0 Å². The van der Waals surface area contributed by atoms with Crippen molar-refractivity contribution in [2.24, 2.45) is 0 Å². The van der Waals surface area contributed by atoms with Crippen LogP contribution < -0.4 is 0 Å². The Bertz CT molecular complexity index is 1960. The fraction of sp³-hybridized carbons (Fsp3) is 0.341. The second kappa shape index (κ2) is 18.3. The predicted molar refractivity (Wildman–Crippen MR) is 199 cm³/mol. The lowest BCUT2D eigenvalue weighted by atomic mass is 9.89. The third-order valence-corrected chi connectivity index (χ3v) is 9.93. The summed E-state index contributed by atoms with van der Waals surface area (Å²) in [6, 6.07) is 29.4. The molecule has 4 aromatic carbocycles. The Labute approximate surface area is 319 Å². The summed E-state index contributed by atoms with van der Waals surface area (Å²) in [5.41, 5.74) is 2.68. The van der Waals surface area contributed by atoms with E-state index in [1.807, 2.05) is 111 Å². The van der Waals surface area contributed by atoms with E-state index >= 15 is 0 Å². The van der Waals surface area contributed by atoms with Gasteiger partial charge in [0.15, 0.2) is 31.9 Å². The molecule has 0 spiro atoms. The molecule has 2 unspecified atom stereocenters. The van der Waals surface area contributed by atoms with Crippen LogP contribution in [0.2, 0.25) is 19.6 Å². The van der Waals surface area contributed by atoms with E-state index < -0.39 is 68.3 Å². The first kappa shape index (κ1) is 40.0. The average molecular weight is 776 g/mol. The van der Waals surface area contributed by atoms with Crippen molar-refractivity contribution in [2.45, 2.75) is 76.0 Å². The first-order valence-electron chi connectivity index (χ1n) is 17.9. The van der Waals surface area contributed by atoms with Gasteiger partial charge in [-0.05, 0) is 48.5 Å². The third kappa shape index (κ3) is 10.3. The van der Waals surface area contributed by atoms with Crippen LogP contribution in [0.25, 0.3) is 11.3 Å². The second-order valence-corrected chi connectivity index (χ2v) is 18.6. The first-order valence-corrected chi connectivity index (χ1v) is 21.3. The highest BCUT2D eigenvalue weighted by atomic mass is 28.4. The summed E-state index contributed by atoms with van der Waals surface area (Å²) in [6.07, 6.45) is -3.58. The molecule has 1 aliphatic heterocycles. The number of rotatable bonds is 16. The zero-order valence-corrected chi connectivity index (χ0v) is 32.0. The summed E-state index contributed by atoms with van der Waals surface area (Å²) in [4.78, 5) is 13.7. The second-order valence-electron chi connectivity index (χ2n) is 14.2. The van der Waals surface area contributed by atoms with Gasteiger partial charge in [0.2, 0.25) is 0 Å². The average Bonchev–Trinajstić information content (AvgIpc) is 3.68. The van der Waals surface area contributed by atoms with Crippen LogP contribution >= 0.6 is 0 Å². The Hall–Kier alpha value is -4.70. The molecule has 14 heteroatoms. The van der Waals surface area contributed by atoms with Crippen molar-refractivity contribution in [1.82, 2.24) is 15.0 Å². The van der Waals surface area contributed by atoms with Crippen molar-refractivity contribution >= 4 is 14.3 Å². The molecule has 1 aliphatic rings. The van der Waals surface area contributed by atoms with E-state index in [1.165, 1.54) is 18.0 Å². The molecule has 1 fully saturated rings. The van der Waals surface area contributed by atoms with Crippen LogP contribution in [0.15, 0.2) is 109 Å². The number of aromatic nitrogens is 3. The number of hydrogen-bond acceptors (Lipinski definition) is 9. The van der Waals surface area contributed by atoms with Crippen LogP contribution in [0, 0.1) is 17.5 Å². The van der Waals surface area contributed by atoms with E-state index in [-0.39, 0.29) is 37.7 Å². The smallest absolute Gasteiger partial charge is 0.336 e. The van der Waals surface area contributed by atoms with Crippen molar-refractivity contribution < 1.29 is 46.1 Å². The van der Waals surface area contributed by atoms with Crippen molar-refractivity contribution in [1.29, 1.82) is 0 Å². The van der Waals surface area contributed by atoms with Crippen molar-refractivity contribution in [2.75, 3.05) is 13.7 Å². The lowest BCUT2D eigenvalue weighted by Crippen LogP contribution is -2.63. The fourth-order valence-corrected chi connectivity index (χ4v) is 7.43. The molecule has 10 nitrogen and oxygen atoms in total. The standard InChI is InChI=1S/C41H44F3N3O7Si/c1-49-41(48)40(54-55(2,3)4)39-38(52-25-29-18-12-7-13-19-29)36(47-22-33(45-46-47)30-20-31(42)35(44)32(43)21-30)37(51-24-28-16-10-6-11-17-28)34(53-39)26-50-23-27-14-8-5-9-15-27/h5-22,34,36-40H,23-26H2,1-4H3/t34?,36-,37-,38?,39+,40-/m0/s1. The number of benzene rings is 4. The normalized spacial score (nSPS) is 20.6. The summed E-state index contributed by atoms with van der Waals surface area (Å²) in [7, 11) is -1.18. The van der Waals surface area contributed by atoms with Gasteiger partial charge in [0.25, 0.3) is 0 Å². The highest BCUT2D eigenvalue weighted by molar-refractivity contribution is 6.69. The maximum atomic E-state index is 14.4. The highest BCUT2D eigenvalue weighted by Gasteiger charge is 2.54. The number of nitrogens with zero attached hydrogens (tertiary/aromatic N) is 3. The van der Waals surface area contributed by atoms with Crippen LogP contribution in [0.3, 0.4) is 0 Å². The number of ether oxygens (including phenoxy) is 5. The summed E-state index contributed by atoms with van der Waals surface area (Å²) < 4.78 is 82.7. The Morgan fingerprint density at radius 2 is 1.33 bits per heavy atom. The van der Waals surface area contributed by atoms with Gasteiger partial charge in [-0.25, -0.2) is 22.6 Å². The SMILES string of the molecule is COC(=O)[C@@H](O[Si](C)(C)C)[C@@H]1OC(COCc2ccccc2)[C@H](OCc2ccccc2)[C@H](n2cc(-c3cc(F)c(F)c(F)c3)nn2)C1OCc1ccccc1. The molecule has 1 saturated heterocycles. The van der Waals surface area contributed by atoms with Crippen molar-refractivity contribution in [3.63, 3.8) is 0 Å². The van der Waals surface area contributed by atoms with Crippen LogP contribution in [-0.4, -0.2) is 73.5 Å². The summed E-state index contributed by atoms with van der Waals surface area (Å²) in [6.45, 7) is 6.36. The largest absolute Gasteiger partial charge is 0.467 e.